The lowest BCUT2D eigenvalue weighted by molar-refractivity contribution is -0.163. The Kier molecular flexibility index (Phi) is 19.0. The van der Waals surface area contributed by atoms with Gasteiger partial charge >= 0.3 is 41.5 Å². The van der Waals surface area contributed by atoms with Crippen LogP contribution in [0.25, 0.3) is 0 Å². The molecule has 0 spiro atoms. The van der Waals surface area contributed by atoms with Gasteiger partial charge in [-0.1, -0.05) is 49.6 Å². The molecule has 18 nitrogen and oxygen atoms in total. The Morgan fingerprint density at radius 2 is 0.637 bits per heavy atom. The molecular formula is C60H72O18Si2. The van der Waals surface area contributed by atoms with Gasteiger partial charge in [0.2, 0.25) is 0 Å². The van der Waals surface area contributed by atoms with Gasteiger partial charge in [-0.2, -0.15) is 0 Å². The van der Waals surface area contributed by atoms with Gasteiger partial charge in [-0.3, -0.25) is 19.2 Å². The topological polar surface area (TPSA) is 197 Å². The second kappa shape index (κ2) is 26.0. The van der Waals surface area contributed by atoms with Gasteiger partial charge in [0.25, 0.3) is 0 Å². The fraction of sp³-hybridized carbons (Fsp3) is 0.467. The summed E-state index contributed by atoms with van der Waals surface area (Å²) in [4.78, 5) is 52.5. The highest BCUT2D eigenvalue weighted by atomic mass is 28.4. The number of hydrogen-bond acceptors (Lipinski definition) is 18. The summed E-state index contributed by atoms with van der Waals surface area (Å²) in [6, 6.07) is 23.0. The molecular weight excluding hydrogens is 1060 g/mol. The van der Waals surface area contributed by atoms with Crippen LogP contribution in [-0.4, -0.2) is 108 Å². The van der Waals surface area contributed by atoms with Crippen LogP contribution in [0.1, 0.15) is 100 Å². The quantitative estimate of drug-likeness (QED) is 0.0171. The van der Waals surface area contributed by atoms with Gasteiger partial charge in [-0.25, -0.2) is 0 Å². The molecule has 2 saturated carbocycles. The van der Waals surface area contributed by atoms with E-state index in [4.69, 9.17) is 64.5 Å². The van der Waals surface area contributed by atoms with E-state index in [2.05, 4.69) is 13.2 Å². The summed E-state index contributed by atoms with van der Waals surface area (Å²) < 4.78 is 81.7. The van der Waals surface area contributed by atoms with Crippen LogP contribution in [-0.2, 0) is 45.7 Å². The number of esters is 4. The van der Waals surface area contributed by atoms with Crippen LogP contribution in [0.5, 0.6) is 46.0 Å². The van der Waals surface area contributed by atoms with E-state index in [0.717, 1.165) is 22.3 Å². The highest BCUT2D eigenvalue weighted by Crippen LogP contribution is 2.66. The molecule has 4 heterocycles. The fourth-order valence-corrected chi connectivity index (χ4v) is 17.2. The van der Waals surface area contributed by atoms with Gasteiger partial charge in [-0.15, -0.1) is 0 Å². The van der Waals surface area contributed by atoms with E-state index in [1.807, 2.05) is 90.1 Å². The number of carbonyl (C=O) groups is 4. The Hall–Kier alpha value is -6.37. The number of ether oxygens (including phenoxy) is 8. The number of carbonyl (C=O) groups excluding carboxylic acids is 4. The third-order valence-corrected chi connectivity index (χ3v) is 21.4. The Bertz CT molecular complexity index is 2670. The highest BCUT2D eigenvalue weighted by molar-refractivity contribution is 6.61. The molecule has 0 amide bonds. The second-order valence-electron chi connectivity index (χ2n) is 19.8. The molecule has 0 N–H and O–H groups in total. The molecule has 6 aliphatic rings. The van der Waals surface area contributed by atoms with Crippen LogP contribution < -0.4 is 37.9 Å². The Balaban J connectivity index is 0.000000218. The number of benzene rings is 4. The molecule has 0 radical (unpaired) electrons. The van der Waals surface area contributed by atoms with E-state index >= 15 is 0 Å². The maximum Gasteiger partial charge on any atom is 0.501 e. The second-order valence-corrected chi connectivity index (χ2v) is 25.2. The molecule has 428 valence electrons. The summed E-state index contributed by atoms with van der Waals surface area (Å²) in [5, 5.41) is 0. The van der Waals surface area contributed by atoms with Crippen LogP contribution in [0.3, 0.4) is 0 Å². The molecule has 2 fully saturated rings. The minimum atomic E-state index is -2.76. The average molecular weight is 1140 g/mol. The minimum absolute atomic E-state index is 0.267. The van der Waals surface area contributed by atoms with Gasteiger partial charge in [0, 0.05) is 122 Å². The summed E-state index contributed by atoms with van der Waals surface area (Å²) in [7, 11) is -5.52. The zero-order valence-corrected chi connectivity index (χ0v) is 48.4. The molecule has 0 bridgehead atoms. The number of hydrogen-bond donors (Lipinski definition) is 0. The zero-order chi connectivity index (χ0) is 56.6. The first-order valence-electron chi connectivity index (χ1n) is 27.9. The fourth-order valence-electron chi connectivity index (χ4n) is 12.1. The van der Waals surface area contributed by atoms with E-state index in [1.54, 1.807) is 36.4 Å². The smallest absolute Gasteiger partial charge is 0.493 e. The zero-order valence-electron chi connectivity index (χ0n) is 46.4. The van der Waals surface area contributed by atoms with Crippen molar-refractivity contribution in [1.82, 2.24) is 0 Å². The van der Waals surface area contributed by atoms with Gasteiger partial charge < -0.3 is 64.5 Å². The molecule has 2 aliphatic carbocycles. The summed E-state index contributed by atoms with van der Waals surface area (Å²) >= 11 is 0. The van der Waals surface area contributed by atoms with Gasteiger partial charge in [-0.05, 0) is 78.6 Å². The largest absolute Gasteiger partial charge is 0.501 e. The molecule has 4 aromatic carbocycles. The van der Waals surface area contributed by atoms with Crippen molar-refractivity contribution in [3.05, 3.63) is 120 Å². The van der Waals surface area contributed by atoms with Gasteiger partial charge in [0.1, 0.15) is 59.2 Å². The molecule has 0 saturated heterocycles. The minimum Gasteiger partial charge on any atom is -0.493 e. The lowest BCUT2D eigenvalue weighted by atomic mass is 9.51. The van der Waals surface area contributed by atoms with E-state index in [0.29, 0.717) is 137 Å². The van der Waals surface area contributed by atoms with Crippen molar-refractivity contribution in [1.29, 1.82) is 0 Å². The van der Waals surface area contributed by atoms with E-state index in [1.165, 1.54) is 0 Å². The van der Waals surface area contributed by atoms with E-state index in [-0.39, 0.29) is 47.5 Å². The molecule has 4 aromatic rings. The Morgan fingerprint density at radius 3 is 0.875 bits per heavy atom. The molecule has 0 atom stereocenters. The first-order valence-corrected chi connectivity index (χ1v) is 31.8. The Morgan fingerprint density at radius 1 is 0.388 bits per heavy atom. The van der Waals surface area contributed by atoms with Crippen molar-refractivity contribution in [3.8, 4) is 46.0 Å². The van der Waals surface area contributed by atoms with Crippen molar-refractivity contribution < 1.29 is 83.6 Å². The first-order chi connectivity index (χ1) is 38.9. The molecule has 20 heteroatoms. The summed E-state index contributed by atoms with van der Waals surface area (Å²) in [5.74, 6) is -0.350. The van der Waals surface area contributed by atoms with Crippen molar-refractivity contribution >= 4 is 41.5 Å². The van der Waals surface area contributed by atoms with Gasteiger partial charge in [0.15, 0.2) is 0 Å². The third kappa shape index (κ3) is 11.9. The van der Waals surface area contributed by atoms with Gasteiger partial charge in [0.05, 0.1) is 36.9 Å². The SMILES string of the molecule is C=CCOc1ccc2c(c1)OC(=O)C1C2C2C(=O)Oc3cc(OCC=C)ccc3C12.CCO[Si](CCCOc1ccc2c(c1)OC(=O)C1C2C2C(=O)Oc3cc(OCCC[Si](OCC)(OCC)OCC)ccc3C12)(OCC)OCC. The summed E-state index contributed by atoms with van der Waals surface area (Å²) in [5.41, 5.74) is 3.28. The normalized spacial score (nSPS) is 22.5. The third-order valence-electron chi connectivity index (χ3n) is 15.1. The van der Waals surface area contributed by atoms with Crippen molar-refractivity contribution in [2.75, 3.05) is 66.1 Å². The predicted octanol–water partition coefficient (Wildman–Crippen LogP) is 10.0. The van der Waals surface area contributed by atoms with Crippen LogP contribution in [0, 0.1) is 23.7 Å². The number of fused-ring (bicyclic) bond motifs is 16. The predicted molar refractivity (Wildman–Crippen MR) is 296 cm³/mol. The Labute approximate surface area is 469 Å². The molecule has 0 unspecified atom stereocenters. The van der Waals surface area contributed by atoms with Crippen molar-refractivity contribution in [3.63, 3.8) is 0 Å². The maximum atomic E-state index is 13.4. The van der Waals surface area contributed by atoms with E-state index in [9.17, 15) is 19.2 Å². The molecule has 80 heavy (non-hydrogen) atoms. The van der Waals surface area contributed by atoms with Crippen molar-refractivity contribution in [2.24, 2.45) is 23.7 Å². The van der Waals surface area contributed by atoms with Crippen molar-refractivity contribution in [2.45, 2.75) is 90.1 Å². The van der Waals surface area contributed by atoms with Crippen LogP contribution in [0.2, 0.25) is 12.1 Å². The highest BCUT2D eigenvalue weighted by Gasteiger charge is 2.66. The van der Waals surface area contributed by atoms with E-state index < -0.39 is 41.3 Å². The van der Waals surface area contributed by atoms with Crippen LogP contribution in [0.15, 0.2) is 98.1 Å². The molecule has 10 rings (SSSR count). The first kappa shape index (κ1) is 58.3. The summed E-state index contributed by atoms with van der Waals surface area (Å²) in [6.07, 6.45) is 4.63. The maximum absolute atomic E-state index is 13.4. The molecule has 0 aromatic heterocycles. The number of rotatable bonds is 28. The monoisotopic (exact) mass is 1140 g/mol. The van der Waals surface area contributed by atoms with Crippen LogP contribution in [0.4, 0.5) is 0 Å². The standard InChI is InChI=1S/C36H52O12Si2.C24H20O6/c1-7-41-49(42-8-2,43-9-3)21-13-19-39-25-15-17-27-29(23-25)47-35(37)33-31(27)34-32(33)28-18-16-26(24-30(28)48-36(34)38)40-20-14-22-50(44-10-4,45-11-5)46-12-6;1-3-9-27-13-5-7-15-17(11-13)29-23(25)21-19(15)22-20(21)16-8-6-14(28-10-4-2)12-18(16)30-24(22)26/h15-18,23-24,31-34H,7-14,19-22H2,1-6H3;3-8,11-12,19-22H,1-2,9-10H2. The van der Waals surface area contributed by atoms with Crippen LogP contribution >= 0.6 is 0 Å². The molecule has 4 aliphatic heterocycles. The lowest BCUT2D eigenvalue weighted by Gasteiger charge is -2.53. The average Bonchev–Trinajstić information content (AvgIpc) is 3.59. The lowest BCUT2D eigenvalue weighted by Crippen LogP contribution is -2.56. The summed E-state index contributed by atoms with van der Waals surface area (Å²) in [6.45, 7) is 23.5.